The third-order valence-electron chi connectivity index (χ3n) is 3.40. The Hall–Kier alpha value is -2.25. The van der Waals surface area contributed by atoms with Crippen LogP contribution in [0.25, 0.3) is 6.08 Å². The van der Waals surface area contributed by atoms with Gasteiger partial charge in [0.1, 0.15) is 0 Å². The minimum atomic E-state index is -0.377. The number of aromatic hydroxyl groups is 2. The molecule has 122 valence electrons. The molecule has 7 heteroatoms. The summed E-state index contributed by atoms with van der Waals surface area (Å²) >= 11 is 4.21. The molecule has 0 spiro atoms. The van der Waals surface area contributed by atoms with Crippen molar-refractivity contribution in [1.82, 2.24) is 4.90 Å². The van der Waals surface area contributed by atoms with Gasteiger partial charge in [-0.1, -0.05) is 34.1 Å². The lowest BCUT2D eigenvalue weighted by Crippen LogP contribution is -2.27. The lowest BCUT2D eigenvalue weighted by Gasteiger charge is -2.12. The number of halogens is 1. The topological polar surface area (TPSA) is 77.8 Å². The van der Waals surface area contributed by atoms with E-state index in [1.807, 2.05) is 24.3 Å². The van der Waals surface area contributed by atoms with Crippen molar-refractivity contribution in [2.24, 2.45) is 0 Å². The Morgan fingerprint density at radius 2 is 1.88 bits per heavy atom. The number of rotatable bonds is 3. The Labute approximate surface area is 150 Å². The minimum absolute atomic E-state index is 0.197. The fourth-order valence-electron chi connectivity index (χ4n) is 2.24. The van der Waals surface area contributed by atoms with E-state index >= 15 is 0 Å². The number of phenols is 2. The molecule has 0 unspecified atom stereocenters. The van der Waals surface area contributed by atoms with Crippen LogP contribution in [0.5, 0.6) is 11.5 Å². The molecule has 3 rings (SSSR count). The number of carbonyl (C=O) groups excluding carboxylic acids is 2. The van der Waals surface area contributed by atoms with E-state index < -0.39 is 0 Å². The third kappa shape index (κ3) is 3.47. The average molecular weight is 406 g/mol. The van der Waals surface area contributed by atoms with Crippen molar-refractivity contribution < 1.29 is 19.8 Å². The number of amides is 2. The van der Waals surface area contributed by atoms with E-state index in [1.54, 1.807) is 6.07 Å². The van der Waals surface area contributed by atoms with Gasteiger partial charge in [0, 0.05) is 4.47 Å². The predicted molar refractivity (Wildman–Crippen MR) is 95.4 cm³/mol. The van der Waals surface area contributed by atoms with E-state index in [0.29, 0.717) is 5.56 Å². The molecule has 0 bridgehead atoms. The molecule has 0 atom stereocenters. The number of thioether (sulfide) groups is 1. The molecule has 2 aromatic carbocycles. The van der Waals surface area contributed by atoms with E-state index in [0.717, 1.165) is 21.8 Å². The number of hydrogen-bond acceptors (Lipinski definition) is 5. The SMILES string of the molecule is O=C1SC(=Cc2ccc(O)c(O)c2)C(=O)N1Cc1cccc(Br)c1. The molecule has 2 N–H and O–H groups in total. The van der Waals surface area contributed by atoms with Crippen LogP contribution in [0.4, 0.5) is 4.79 Å². The highest BCUT2D eigenvalue weighted by atomic mass is 79.9. The highest BCUT2D eigenvalue weighted by Crippen LogP contribution is 2.34. The van der Waals surface area contributed by atoms with Crippen molar-refractivity contribution in [2.45, 2.75) is 6.54 Å². The first-order chi connectivity index (χ1) is 11.4. The molecule has 2 aromatic rings. The highest BCUT2D eigenvalue weighted by Gasteiger charge is 2.35. The second-order valence-corrected chi connectivity index (χ2v) is 7.05. The van der Waals surface area contributed by atoms with Crippen LogP contribution in [0, 0.1) is 0 Å². The monoisotopic (exact) mass is 405 g/mol. The van der Waals surface area contributed by atoms with E-state index in [9.17, 15) is 19.8 Å². The van der Waals surface area contributed by atoms with Gasteiger partial charge in [-0.2, -0.15) is 0 Å². The predicted octanol–water partition coefficient (Wildman–Crippen LogP) is 4.10. The van der Waals surface area contributed by atoms with Gasteiger partial charge in [-0.15, -0.1) is 0 Å². The zero-order chi connectivity index (χ0) is 17.3. The van der Waals surface area contributed by atoms with Crippen LogP contribution in [0.2, 0.25) is 0 Å². The van der Waals surface area contributed by atoms with E-state index in [2.05, 4.69) is 15.9 Å². The van der Waals surface area contributed by atoms with Gasteiger partial charge in [-0.3, -0.25) is 14.5 Å². The number of benzene rings is 2. The van der Waals surface area contributed by atoms with Crippen LogP contribution in [0.1, 0.15) is 11.1 Å². The van der Waals surface area contributed by atoms with Crippen LogP contribution < -0.4 is 0 Å². The zero-order valence-corrected chi connectivity index (χ0v) is 14.7. The summed E-state index contributed by atoms with van der Waals surface area (Å²) in [5, 5.41) is 18.5. The smallest absolute Gasteiger partial charge is 0.293 e. The molecule has 0 aliphatic carbocycles. The molecular weight excluding hydrogens is 394 g/mol. The summed E-state index contributed by atoms with van der Waals surface area (Å²) in [6, 6.07) is 11.6. The number of imide groups is 1. The standard InChI is InChI=1S/C17H12BrNO4S/c18-12-3-1-2-11(6-12)9-19-16(22)15(24-17(19)23)8-10-4-5-13(20)14(21)7-10/h1-8,20-21H,9H2. The van der Waals surface area contributed by atoms with Gasteiger partial charge in [0.15, 0.2) is 11.5 Å². The van der Waals surface area contributed by atoms with Crippen molar-refractivity contribution in [3.63, 3.8) is 0 Å². The maximum Gasteiger partial charge on any atom is 0.293 e. The number of carbonyl (C=O) groups is 2. The largest absolute Gasteiger partial charge is 0.504 e. The van der Waals surface area contributed by atoms with Crippen LogP contribution in [0.15, 0.2) is 51.8 Å². The van der Waals surface area contributed by atoms with E-state index in [1.165, 1.54) is 23.1 Å². The first-order valence-corrected chi connectivity index (χ1v) is 8.57. The molecule has 1 heterocycles. The number of phenolic OH excluding ortho intramolecular Hbond substituents is 2. The van der Waals surface area contributed by atoms with E-state index in [-0.39, 0.29) is 34.1 Å². The number of nitrogens with zero attached hydrogens (tertiary/aromatic N) is 1. The van der Waals surface area contributed by atoms with Gasteiger partial charge in [0.2, 0.25) is 0 Å². The van der Waals surface area contributed by atoms with Gasteiger partial charge in [-0.05, 0) is 53.2 Å². The van der Waals surface area contributed by atoms with Crippen LogP contribution in [-0.2, 0) is 11.3 Å². The molecule has 5 nitrogen and oxygen atoms in total. The van der Waals surface area contributed by atoms with Crippen molar-refractivity contribution in [2.75, 3.05) is 0 Å². The summed E-state index contributed by atoms with van der Waals surface area (Å²) in [6.07, 6.45) is 1.52. The first kappa shape index (κ1) is 16.6. The van der Waals surface area contributed by atoms with Gasteiger partial charge in [-0.25, -0.2) is 0 Å². The summed E-state index contributed by atoms with van der Waals surface area (Å²) < 4.78 is 0.877. The molecular formula is C17H12BrNO4S. The van der Waals surface area contributed by atoms with Crippen LogP contribution in [0.3, 0.4) is 0 Å². The van der Waals surface area contributed by atoms with Gasteiger partial charge >= 0.3 is 0 Å². The Balaban J connectivity index is 1.83. The molecule has 1 aliphatic rings. The molecule has 1 saturated heterocycles. The molecule has 1 fully saturated rings. The Bertz CT molecular complexity index is 865. The maximum atomic E-state index is 12.5. The molecule has 1 aliphatic heterocycles. The first-order valence-electron chi connectivity index (χ1n) is 6.96. The summed E-state index contributed by atoms with van der Waals surface area (Å²) in [5.41, 5.74) is 1.37. The molecule has 0 radical (unpaired) electrons. The van der Waals surface area contributed by atoms with Gasteiger partial charge in [0.05, 0.1) is 11.4 Å². The molecule has 0 saturated carbocycles. The Morgan fingerprint density at radius 1 is 1.08 bits per heavy atom. The van der Waals surface area contributed by atoms with Gasteiger partial charge in [0.25, 0.3) is 11.1 Å². The minimum Gasteiger partial charge on any atom is -0.504 e. The molecule has 2 amide bonds. The third-order valence-corrected chi connectivity index (χ3v) is 4.80. The second kappa shape index (κ2) is 6.70. The van der Waals surface area contributed by atoms with Crippen molar-refractivity contribution in [3.8, 4) is 11.5 Å². The summed E-state index contributed by atoms with van der Waals surface area (Å²) in [4.78, 5) is 26.0. The van der Waals surface area contributed by atoms with Crippen molar-refractivity contribution in [3.05, 3.63) is 63.0 Å². The summed E-state index contributed by atoms with van der Waals surface area (Å²) in [7, 11) is 0. The highest BCUT2D eigenvalue weighted by molar-refractivity contribution is 9.10. The molecule has 24 heavy (non-hydrogen) atoms. The van der Waals surface area contributed by atoms with Crippen LogP contribution >= 0.6 is 27.7 Å². The van der Waals surface area contributed by atoms with Gasteiger partial charge < -0.3 is 10.2 Å². The average Bonchev–Trinajstić information content (AvgIpc) is 2.79. The van der Waals surface area contributed by atoms with Crippen molar-refractivity contribution in [1.29, 1.82) is 0 Å². The van der Waals surface area contributed by atoms with Crippen molar-refractivity contribution >= 4 is 44.9 Å². The molecule has 0 aromatic heterocycles. The Kier molecular flexibility index (Phi) is 4.64. The van der Waals surface area contributed by atoms with E-state index in [4.69, 9.17) is 0 Å². The fourth-order valence-corrected chi connectivity index (χ4v) is 3.52. The number of hydrogen-bond donors (Lipinski definition) is 2. The lowest BCUT2D eigenvalue weighted by atomic mass is 10.2. The summed E-state index contributed by atoms with van der Waals surface area (Å²) in [6.45, 7) is 0.197. The Morgan fingerprint density at radius 3 is 2.58 bits per heavy atom. The quantitative estimate of drug-likeness (QED) is 0.593. The van der Waals surface area contributed by atoms with Crippen LogP contribution in [-0.4, -0.2) is 26.3 Å². The fraction of sp³-hybridized carbons (Fsp3) is 0.0588. The zero-order valence-electron chi connectivity index (χ0n) is 12.3. The maximum absolute atomic E-state index is 12.5. The summed E-state index contributed by atoms with van der Waals surface area (Å²) in [5.74, 6) is -0.899. The second-order valence-electron chi connectivity index (χ2n) is 5.15. The lowest BCUT2D eigenvalue weighted by molar-refractivity contribution is -0.123. The normalized spacial score (nSPS) is 16.2.